The molecule has 2 aromatic heterocycles. The Morgan fingerprint density at radius 1 is 1.38 bits per heavy atom. The summed E-state index contributed by atoms with van der Waals surface area (Å²) in [5, 5.41) is 12.1. The molecule has 4 heteroatoms. The Labute approximate surface area is 76.2 Å². The second-order valence-corrected chi connectivity index (χ2v) is 2.91. The fraction of sp³-hybridized carbons (Fsp3) is 0.222. The lowest BCUT2D eigenvalue weighted by molar-refractivity contribution is 0.756. The number of hydrogen-bond donors (Lipinski definition) is 0. The van der Waals surface area contributed by atoms with Crippen LogP contribution < -0.4 is 0 Å². The maximum atomic E-state index is 4.24. The van der Waals surface area contributed by atoms with Crippen LogP contribution in [0, 0.1) is 6.92 Å². The maximum Gasteiger partial charge on any atom is 0.0963 e. The van der Waals surface area contributed by atoms with Gasteiger partial charge in [0.25, 0.3) is 0 Å². The van der Waals surface area contributed by atoms with Crippen LogP contribution in [0.25, 0.3) is 11.3 Å². The average Bonchev–Trinajstić information content (AvgIpc) is 2.47. The fourth-order valence-electron chi connectivity index (χ4n) is 1.30. The van der Waals surface area contributed by atoms with Gasteiger partial charge in [0.1, 0.15) is 0 Å². The van der Waals surface area contributed by atoms with Crippen molar-refractivity contribution >= 4 is 0 Å². The number of nitrogens with zero attached hydrogens (tertiary/aromatic N) is 4. The van der Waals surface area contributed by atoms with Gasteiger partial charge in [-0.3, -0.25) is 4.68 Å². The van der Waals surface area contributed by atoms with E-state index in [2.05, 4.69) is 15.3 Å². The van der Waals surface area contributed by atoms with Gasteiger partial charge in [0.05, 0.1) is 11.4 Å². The summed E-state index contributed by atoms with van der Waals surface area (Å²) in [6, 6.07) is 3.80. The van der Waals surface area contributed by atoms with E-state index in [-0.39, 0.29) is 0 Å². The first kappa shape index (κ1) is 7.91. The second kappa shape index (κ2) is 2.97. The topological polar surface area (TPSA) is 43.6 Å². The van der Waals surface area contributed by atoms with Crippen LogP contribution in [0.1, 0.15) is 5.69 Å². The van der Waals surface area contributed by atoms with Crippen molar-refractivity contribution in [2.45, 2.75) is 6.92 Å². The molecule has 0 amide bonds. The zero-order chi connectivity index (χ0) is 9.26. The number of rotatable bonds is 1. The largest absolute Gasteiger partial charge is 0.275 e. The SMILES string of the molecule is Cc1nn(C)cc1-c1cccnn1. The minimum absolute atomic E-state index is 0.869. The smallest absolute Gasteiger partial charge is 0.0963 e. The Bertz CT molecular complexity index is 405. The molecule has 2 aromatic rings. The monoisotopic (exact) mass is 174 g/mol. The summed E-state index contributed by atoms with van der Waals surface area (Å²) in [4.78, 5) is 0. The fourth-order valence-corrected chi connectivity index (χ4v) is 1.30. The van der Waals surface area contributed by atoms with Gasteiger partial charge >= 0.3 is 0 Å². The molecule has 0 aliphatic rings. The van der Waals surface area contributed by atoms with Crippen LogP contribution in [-0.4, -0.2) is 20.0 Å². The van der Waals surface area contributed by atoms with Gasteiger partial charge in [0.2, 0.25) is 0 Å². The summed E-state index contributed by atoms with van der Waals surface area (Å²) >= 11 is 0. The van der Waals surface area contributed by atoms with E-state index in [0.29, 0.717) is 0 Å². The summed E-state index contributed by atoms with van der Waals surface area (Å²) in [6.45, 7) is 1.96. The number of hydrogen-bond acceptors (Lipinski definition) is 3. The summed E-state index contributed by atoms with van der Waals surface area (Å²) in [5.74, 6) is 0. The van der Waals surface area contributed by atoms with Gasteiger partial charge < -0.3 is 0 Å². The lowest BCUT2D eigenvalue weighted by atomic mass is 10.2. The van der Waals surface area contributed by atoms with Crippen LogP contribution >= 0.6 is 0 Å². The molecular formula is C9H10N4. The van der Waals surface area contributed by atoms with Crippen LogP contribution in [-0.2, 0) is 7.05 Å². The predicted molar refractivity (Wildman–Crippen MR) is 49.0 cm³/mol. The zero-order valence-corrected chi connectivity index (χ0v) is 7.60. The van der Waals surface area contributed by atoms with Crippen LogP contribution in [0.5, 0.6) is 0 Å². The molecule has 0 fully saturated rings. The normalized spacial score (nSPS) is 10.3. The molecule has 0 saturated carbocycles. The zero-order valence-electron chi connectivity index (χ0n) is 7.60. The van der Waals surface area contributed by atoms with Crippen LogP contribution in [0.4, 0.5) is 0 Å². The number of aromatic nitrogens is 4. The van der Waals surface area contributed by atoms with E-state index < -0.39 is 0 Å². The molecule has 66 valence electrons. The van der Waals surface area contributed by atoms with E-state index in [1.54, 1.807) is 10.9 Å². The highest BCUT2D eigenvalue weighted by Crippen LogP contribution is 2.18. The lowest BCUT2D eigenvalue weighted by Crippen LogP contribution is -1.86. The van der Waals surface area contributed by atoms with E-state index in [0.717, 1.165) is 17.0 Å². The summed E-state index contributed by atoms with van der Waals surface area (Å²) in [6.07, 6.45) is 3.61. The van der Waals surface area contributed by atoms with Crippen molar-refractivity contribution in [3.05, 3.63) is 30.2 Å². The van der Waals surface area contributed by atoms with Crippen molar-refractivity contribution in [2.75, 3.05) is 0 Å². The first-order valence-electron chi connectivity index (χ1n) is 4.05. The van der Waals surface area contributed by atoms with Gasteiger partial charge in [0, 0.05) is 25.0 Å². The van der Waals surface area contributed by atoms with Crippen LogP contribution in [0.15, 0.2) is 24.5 Å². The molecule has 2 heterocycles. The van der Waals surface area contributed by atoms with Gasteiger partial charge in [-0.2, -0.15) is 15.3 Å². The van der Waals surface area contributed by atoms with E-state index in [4.69, 9.17) is 0 Å². The minimum atomic E-state index is 0.869. The Kier molecular flexibility index (Phi) is 1.81. The van der Waals surface area contributed by atoms with Gasteiger partial charge in [-0.25, -0.2) is 0 Å². The third-order valence-electron chi connectivity index (χ3n) is 1.86. The molecule has 13 heavy (non-hydrogen) atoms. The first-order valence-corrected chi connectivity index (χ1v) is 4.05. The highest BCUT2D eigenvalue weighted by atomic mass is 15.3. The molecule has 0 N–H and O–H groups in total. The van der Waals surface area contributed by atoms with Gasteiger partial charge in [0.15, 0.2) is 0 Å². The molecule has 0 aliphatic carbocycles. The van der Waals surface area contributed by atoms with E-state index in [1.165, 1.54) is 0 Å². The predicted octanol–water partition coefficient (Wildman–Crippen LogP) is 1.19. The summed E-state index contributed by atoms with van der Waals surface area (Å²) in [7, 11) is 1.90. The molecule has 0 saturated heterocycles. The molecule has 0 aromatic carbocycles. The second-order valence-electron chi connectivity index (χ2n) is 2.91. The Balaban J connectivity index is 2.53. The summed E-state index contributed by atoms with van der Waals surface area (Å²) in [5.41, 5.74) is 2.88. The third-order valence-corrected chi connectivity index (χ3v) is 1.86. The lowest BCUT2D eigenvalue weighted by Gasteiger charge is -1.93. The average molecular weight is 174 g/mol. The van der Waals surface area contributed by atoms with Crippen molar-refractivity contribution in [2.24, 2.45) is 7.05 Å². The highest BCUT2D eigenvalue weighted by Gasteiger charge is 2.06. The van der Waals surface area contributed by atoms with E-state index >= 15 is 0 Å². The standard InChI is InChI=1S/C9H10N4/c1-7-8(6-13(2)12-7)9-4-3-5-10-11-9/h3-6H,1-2H3. The number of aryl methyl sites for hydroxylation is 2. The Morgan fingerprint density at radius 2 is 2.23 bits per heavy atom. The molecule has 0 radical (unpaired) electrons. The van der Waals surface area contributed by atoms with Crippen molar-refractivity contribution < 1.29 is 0 Å². The van der Waals surface area contributed by atoms with E-state index in [9.17, 15) is 0 Å². The molecular weight excluding hydrogens is 164 g/mol. The van der Waals surface area contributed by atoms with Crippen molar-refractivity contribution in [3.63, 3.8) is 0 Å². The molecule has 2 rings (SSSR count). The van der Waals surface area contributed by atoms with Crippen molar-refractivity contribution in [3.8, 4) is 11.3 Å². The van der Waals surface area contributed by atoms with Crippen LogP contribution in [0.2, 0.25) is 0 Å². The van der Waals surface area contributed by atoms with Gasteiger partial charge in [-0.05, 0) is 19.1 Å². The summed E-state index contributed by atoms with van der Waals surface area (Å²) < 4.78 is 1.78. The molecule has 0 spiro atoms. The first-order chi connectivity index (χ1) is 6.27. The third kappa shape index (κ3) is 1.42. The van der Waals surface area contributed by atoms with Crippen molar-refractivity contribution in [1.29, 1.82) is 0 Å². The Hall–Kier alpha value is -1.71. The van der Waals surface area contributed by atoms with E-state index in [1.807, 2.05) is 32.3 Å². The van der Waals surface area contributed by atoms with Gasteiger partial charge in [-0.1, -0.05) is 0 Å². The Morgan fingerprint density at radius 3 is 2.77 bits per heavy atom. The molecule has 0 bridgehead atoms. The van der Waals surface area contributed by atoms with Crippen molar-refractivity contribution in [1.82, 2.24) is 20.0 Å². The molecule has 0 atom stereocenters. The minimum Gasteiger partial charge on any atom is -0.275 e. The quantitative estimate of drug-likeness (QED) is 0.652. The molecule has 4 nitrogen and oxygen atoms in total. The molecule has 0 unspecified atom stereocenters. The molecule has 0 aliphatic heterocycles. The van der Waals surface area contributed by atoms with Crippen LogP contribution in [0.3, 0.4) is 0 Å². The maximum absolute atomic E-state index is 4.24. The highest BCUT2D eigenvalue weighted by molar-refractivity contribution is 5.59. The van der Waals surface area contributed by atoms with Gasteiger partial charge in [-0.15, -0.1) is 0 Å².